The molecule has 0 amide bonds. The maximum atomic E-state index is 8.59. The predicted octanol–water partition coefficient (Wildman–Crippen LogP) is -0.929. The van der Waals surface area contributed by atoms with E-state index in [1.807, 2.05) is 0 Å². The molecule has 0 saturated heterocycles. The van der Waals surface area contributed by atoms with E-state index in [0.717, 1.165) is 0 Å². The standard InChI is InChI=1S/H2O3S.Tm/c1-4(2)3;/h4H,(H,1,2,3);. The van der Waals surface area contributed by atoms with Gasteiger partial charge in [-0.2, -0.15) is 0 Å². The molecule has 0 rings (SSSR count). The average Bonchev–Trinajstić information content (AvgIpc) is 0.811. The smallest absolute Gasteiger partial charge is 0.254 e. The summed E-state index contributed by atoms with van der Waals surface area (Å²) in [4.78, 5) is 0. The molecule has 0 aromatic carbocycles. The van der Waals surface area contributed by atoms with Crippen molar-refractivity contribution in [2.24, 2.45) is 0 Å². The topological polar surface area (TPSA) is 54.4 Å². The molecule has 0 aliphatic carbocycles. The zero-order chi connectivity index (χ0) is 3.58. The molecule has 3 nitrogen and oxygen atoms in total. The molecule has 5 heavy (non-hydrogen) atoms. The molecule has 0 heterocycles. The van der Waals surface area contributed by atoms with Crippen LogP contribution < -0.4 is 0 Å². The molecule has 0 spiro atoms. The molecule has 0 aromatic heterocycles. The van der Waals surface area contributed by atoms with Crippen LogP contribution in [0.15, 0.2) is 0 Å². The third-order valence-electron chi connectivity index (χ3n) is 0. The Balaban J connectivity index is 0. The summed E-state index contributed by atoms with van der Waals surface area (Å²) in [7, 11) is -3.12. The number of hydrogen-bond acceptors (Lipinski definition) is 2. The molecule has 0 atom stereocenters. The molecule has 1 N–H and O–H groups in total. The first kappa shape index (κ1) is 9.47. The summed E-state index contributed by atoms with van der Waals surface area (Å²) in [5, 5.41) is 0. The molecule has 0 fully saturated rings. The first-order valence-electron chi connectivity index (χ1n) is 0.565. The molecule has 39 valence electrons. The molecule has 0 aliphatic heterocycles. The van der Waals surface area contributed by atoms with Gasteiger partial charge >= 0.3 is 0 Å². The summed E-state index contributed by atoms with van der Waals surface area (Å²) in [6.45, 7) is 0. The molecule has 0 saturated carbocycles. The van der Waals surface area contributed by atoms with Crippen LogP contribution >= 0.6 is 0 Å². The molecule has 0 bridgehead atoms. The van der Waals surface area contributed by atoms with Gasteiger partial charge in [0.15, 0.2) is 0 Å². The van der Waals surface area contributed by atoms with Gasteiger partial charge in [0.25, 0.3) is 11.0 Å². The molecule has 0 aliphatic rings. The van der Waals surface area contributed by atoms with E-state index in [0.29, 0.717) is 0 Å². The summed E-state index contributed by atoms with van der Waals surface area (Å²) in [5.74, 6) is 0. The van der Waals surface area contributed by atoms with Crippen molar-refractivity contribution in [3.05, 3.63) is 0 Å². The Morgan fingerprint density at radius 2 is 1.40 bits per heavy atom. The van der Waals surface area contributed by atoms with Crippen LogP contribution in [0.1, 0.15) is 0 Å². The van der Waals surface area contributed by atoms with Crippen LogP contribution in [0.4, 0.5) is 0 Å². The molecular formula is H2O3STm. The minimum Gasteiger partial charge on any atom is -0.288 e. The van der Waals surface area contributed by atoms with Crippen molar-refractivity contribution in [1.82, 2.24) is 0 Å². The third-order valence-corrected chi connectivity index (χ3v) is 0. The average molecular weight is 251 g/mol. The van der Waals surface area contributed by atoms with Crippen LogP contribution in [0, 0.1) is 36.9 Å². The minimum atomic E-state index is -3.12. The number of rotatable bonds is 0. The zero-order valence-electron chi connectivity index (χ0n) is 1.99. The van der Waals surface area contributed by atoms with E-state index in [4.69, 9.17) is 13.0 Å². The molecule has 5 heteroatoms. The van der Waals surface area contributed by atoms with E-state index in [2.05, 4.69) is 0 Å². The molecular weight excluding hydrogens is 249 g/mol. The fourth-order valence-electron chi connectivity index (χ4n) is 0. The Labute approximate surface area is 60.3 Å². The van der Waals surface area contributed by atoms with Crippen molar-refractivity contribution in [3.8, 4) is 0 Å². The van der Waals surface area contributed by atoms with Crippen LogP contribution in [-0.4, -0.2) is 13.0 Å². The second-order valence-corrected chi connectivity index (χ2v) is 0.714. The summed E-state index contributed by atoms with van der Waals surface area (Å²) in [6.07, 6.45) is 0. The largest absolute Gasteiger partial charge is 0.288 e. The quantitative estimate of drug-likeness (QED) is 0.432. The fourth-order valence-corrected chi connectivity index (χ4v) is 0. The van der Waals surface area contributed by atoms with Crippen LogP contribution in [0.5, 0.6) is 0 Å². The maximum absolute atomic E-state index is 8.59. The molecule has 1 radical (unpaired) electrons. The fraction of sp³-hybridized carbons (Fsp3) is 0. The second kappa shape index (κ2) is 5.14. The molecule has 0 unspecified atom stereocenters. The number of thiol groups is 1. The summed E-state index contributed by atoms with van der Waals surface area (Å²) >= 11 is 0. The first-order chi connectivity index (χ1) is 1.73. The van der Waals surface area contributed by atoms with E-state index < -0.39 is 11.0 Å². The van der Waals surface area contributed by atoms with Crippen molar-refractivity contribution >= 4 is 11.0 Å². The summed E-state index contributed by atoms with van der Waals surface area (Å²) in [6, 6.07) is 0. The van der Waals surface area contributed by atoms with Crippen LogP contribution in [0.3, 0.4) is 0 Å². The van der Waals surface area contributed by atoms with Crippen LogP contribution in [-0.2, 0) is 11.0 Å². The zero-order valence-corrected chi connectivity index (χ0v) is 4.66. The van der Waals surface area contributed by atoms with Gasteiger partial charge in [-0.15, -0.1) is 0 Å². The van der Waals surface area contributed by atoms with Gasteiger partial charge in [-0.3, -0.25) is 4.55 Å². The van der Waals surface area contributed by atoms with E-state index in [1.165, 1.54) is 0 Å². The van der Waals surface area contributed by atoms with Crippen molar-refractivity contribution in [1.29, 1.82) is 0 Å². The third kappa shape index (κ3) is 38.9. The first-order valence-corrected chi connectivity index (χ1v) is 1.70. The van der Waals surface area contributed by atoms with Crippen LogP contribution in [0.2, 0.25) is 0 Å². The van der Waals surface area contributed by atoms with Crippen molar-refractivity contribution in [2.45, 2.75) is 0 Å². The predicted molar refractivity (Wildman–Crippen MR) is 12.9 cm³/mol. The van der Waals surface area contributed by atoms with E-state index in [-0.39, 0.29) is 36.9 Å². The van der Waals surface area contributed by atoms with Gasteiger partial charge in [0.2, 0.25) is 0 Å². The van der Waals surface area contributed by atoms with Gasteiger partial charge in [-0.05, 0) is 0 Å². The van der Waals surface area contributed by atoms with Crippen molar-refractivity contribution < 1.29 is 49.8 Å². The van der Waals surface area contributed by atoms with Gasteiger partial charge < -0.3 is 0 Å². The van der Waals surface area contributed by atoms with Gasteiger partial charge in [0.1, 0.15) is 0 Å². The minimum absolute atomic E-state index is 0. The van der Waals surface area contributed by atoms with Crippen LogP contribution in [0.25, 0.3) is 0 Å². The normalized spacial score (nSPS) is 6.80. The van der Waals surface area contributed by atoms with E-state index in [9.17, 15) is 0 Å². The van der Waals surface area contributed by atoms with Crippen molar-refractivity contribution in [3.63, 3.8) is 0 Å². The van der Waals surface area contributed by atoms with Gasteiger partial charge in [-0.1, -0.05) is 0 Å². The Morgan fingerprint density at radius 3 is 1.40 bits per heavy atom. The van der Waals surface area contributed by atoms with Crippen molar-refractivity contribution in [2.75, 3.05) is 0 Å². The SMILES string of the molecule is O=[SH](=O)O.[Tm]. The second-order valence-electron chi connectivity index (χ2n) is 0.238. The monoisotopic (exact) mass is 251 g/mol. The summed E-state index contributed by atoms with van der Waals surface area (Å²) in [5.41, 5.74) is 0. The Morgan fingerprint density at radius 1 is 1.40 bits per heavy atom. The van der Waals surface area contributed by atoms with Gasteiger partial charge in [-0.25, -0.2) is 8.42 Å². The maximum Gasteiger partial charge on any atom is 0.254 e. The Hall–Kier alpha value is 1.14. The van der Waals surface area contributed by atoms with Gasteiger partial charge in [0.05, 0.1) is 0 Å². The van der Waals surface area contributed by atoms with E-state index in [1.54, 1.807) is 0 Å². The summed E-state index contributed by atoms with van der Waals surface area (Å²) < 4.78 is 24.2. The van der Waals surface area contributed by atoms with Gasteiger partial charge in [0, 0.05) is 36.9 Å². The Kier molecular flexibility index (Phi) is 9.74. The molecule has 0 aromatic rings. The Bertz CT molecular complexity index is 55.3. The number of hydrogen-bond donors (Lipinski definition) is 2. The van der Waals surface area contributed by atoms with E-state index >= 15 is 0 Å².